The Bertz CT molecular complexity index is 540. The highest BCUT2D eigenvalue weighted by Crippen LogP contribution is 2.27. The molecule has 3 heterocycles. The van der Waals surface area contributed by atoms with Crippen LogP contribution in [0.15, 0.2) is 6.33 Å². The summed E-state index contributed by atoms with van der Waals surface area (Å²) in [4.78, 5) is 26.6. The van der Waals surface area contributed by atoms with Gasteiger partial charge in [-0.3, -0.25) is 9.69 Å². The van der Waals surface area contributed by atoms with E-state index in [1.807, 2.05) is 4.90 Å². The zero-order valence-electron chi connectivity index (χ0n) is 12.5. The minimum Gasteiger partial charge on any atom is -0.382 e. The number of nitrogens with two attached hydrogens (primary N) is 1. The second-order valence-corrected chi connectivity index (χ2v) is 6.13. The molecule has 0 saturated carbocycles. The summed E-state index contributed by atoms with van der Waals surface area (Å²) in [6, 6.07) is 0. The molecule has 2 fully saturated rings. The van der Waals surface area contributed by atoms with Gasteiger partial charge in [0, 0.05) is 26.2 Å². The number of anilines is 2. The van der Waals surface area contributed by atoms with Crippen LogP contribution in [0.2, 0.25) is 5.02 Å². The van der Waals surface area contributed by atoms with Crippen LogP contribution in [0, 0.1) is 0 Å². The number of nitrogens with zero attached hydrogens (tertiary/aromatic N) is 5. The molecule has 0 atom stereocenters. The average Bonchev–Trinajstić information content (AvgIpc) is 3.03. The smallest absolute Gasteiger partial charge is 0.236 e. The molecule has 120 valence electrons. The molecule has 1 aromatic rings. The lowest BCUT2D eigenvalue weighted by molar-refractivity contribution is -0.132. The summed E-state index contributed by atoms with van der Waals surface area (Å²) in [5, 5.41) is 0.388. The highest BCUT2D eigenvalue weighted by molar-refractivity contribution is 6.35. The summed E-state index contributed by atoms with van der Waals surface area (Å²) in [7, 11) is 0. The first-order valence-corrected chi connectivity index (χ1v) is 8.04. The van der Waals surface area contributed by atoms with E-state index in [2.05, 4.69) is 19.8 Å². The Morgan fingerprint density at radius 3 is 2.50 bits per heavy atom. The second-order valence-electron chi connectivity index (χ2n) is 5.75. The van der Waals surface area contributed by atoms with Crippen LogP contribution in [0.25, 0.3) is 0 Å². The van der Waals surface area contributed by atoms with Gasteiger partial charge in [-0.05, 0) is 25.9 Å². The molecule has 0 aliphatic carbocycles. The first-order valence-electron chi connectivity index (χ1n) is 7.66. The normalized spacial score (nSPS) is 19.7. The van der Waals surface area contributed by atoms with Gasteiger partial charge in [-0.2, -0.15) is 0 Å². The van der Waals surface area contributed by atoms with Crippen LogP contribution in [0.1, 0.15) is 12.8 Å². The number of piperazine rings is 1. The van der Waals surface area contributed by atoms with Gasteiger partial charge in [0.05, 0.1) is 6.54 Å². The lowest BCUT2D eigenvalue weighted by atomic mass is 10.3. The number of hydrogen-bond donors (Lipinski definition) is 1. The van der Waals surface area contributed by atoms with Gasteiger partial charge in [-0.15, -0.1) is 0 Å². The lowest BCUT2D eigenvalue weighted by Crippen LogP contribution is -2.51. The predicted octanol–water partition coefficient (Wildman–Crippen LogP) is 0.457. The molecule has 3 rings (SSSR count). The van der Waals surface area contributed by atoms with Gasteiger partial charge in [0.1, 0.15) is 17.2 Å². The average molecular weight is 325 g/mol. The fourth-order valence-corrected chi connectivity index (χ4v) is 3.21. The van der Waals surface area contributed by atoms with E-state index in [9.17, 15) is 4.79 Å². The highest BCUT2D eigenvalue weighted by Gasteiger charge is 2.25. The van der Waals surface area contributed by atoms with Crippen LogP contribution in [0.5, 0.6) is 0 Å². The quantitative estimate of drug-likeness (QED) is 0.870. The van der Waals surface area contributed by atoms with Crippen molar-refractivity contribution < 1.29 is 4.79 Å². The van der Waals surface area contributed by atoms with Gasteiger partial charge in [0.2, 0.25) is 5.91 Å². The maximum Gasteiger partial charge on any atom is 0.236 e. The number of nitrogen functional groups attached to an aromatic ring is 1. The predicted molar refractivity (Wildman–Crippen MR) is 85.9 cm³/mol. The zero-order chi connectivity index (χ0) is 15.5. The Morgan fingerprint density at radius 1 is 1.14 bits per heavy atom. The van der Waals surface area contributed by atoms with Gasteiger partial charge < -0.3 is 15.5 Å². The largest absolute Gasteiger partial charge is 0.382 e. The zero-order valence-corrected chi connectivity index (χ0v) is 13.3. The molecular formula is C14H21ClN6O. The molecule has 0 radical (unpaired) electrons. The minimum absolute atomic E-state index is 0.217. The number of likely N-dealkylation sites (tertiary alicyclic amines) is 1. The van der Waals surface area contributed by atoms with E-state index in [0.717, 1.165) is 13.1 Å². The molecule has 2 N–H and O–H groups in total. The first-order chi connectivity index (χ1) is 10.6. The van der Waals surface area contributed by atoms with E-state index >= 15 is 0 Å². The van der Waals surface area contributed by atoms with Crippen LogP contribution < -0.4 is 10.6 Å². The third-order valence-electron chi connectivity index (χ3n) is 4.29. The van der Waals surface area contributed by atoms with Crippen molar-refractivity contribution in [2.24, 2.45) is 0 Å². The molecule has 22 heavy (non-hydrogen) atoms. The Labute approximate surface area is 135 Å². The Hall–Kier alpha value is -1.60. The highest BCUT2D eigenvalue weighted by atomic mass is 35.5. The maximum atomic E-state index is 12.3. The Balaban J connectivity index is 1.55. The molecule has 0 unspecified atom stereocenters. The summed E-state index contributed by atoms with van der Waals surface area (Å²) in [6.07, 6.45) is 3.82. The topological polar surface area (TPSA) is 78.6 Å². The van der Waals surface area contributed by atoms with Crippen LogP contribution in [0.3, 0.4) is 0 Å². The summed E-state index contributed by atoms with van der Waals surface area (Å²) in [6.45, 7) is 5.42. The number of rotatable bonds is 3. The van der Waals surface area contributed by atoms with Crippen molar-refractivity contribution in [2.45, 2.75) is 12.8 Å². The number of amides is 1. The lowest BCUT2D eigenvalue weighted by Gasteiger charge is -2.36. The van der Waals surface area contributed by atoms with Crippen molar-refractivity contribution >= 4 is 29.1 Å². The summed E-state index contributed by atoms with van der Waals surface area (Å²) < 4.78 is 0. The van der Waals surface area contributed by atoms with Crippen LogP contribution in [0.4, 0.5) is 11.6 Å². The van der Waals surface area contributed by atoms with E-state index in [1.165, 1.54) is 19.2 Å². The fourth-order valence-electron chi connectivity index (χ4n) is 2.99. The monoisotopic (exact) mass is 324 g/mol. The van der Waals surface area contributed by atoms with Crippen molar-refractivity contribution in [1.82, 2.24) is 19.8 Å². The van der Waals surface area contributed by atoms with Gasteiger partial charge in [0.15, 0.2) is 5.82 Å². The molecule has 2 saturated heterocycles. The molecule has 0 bridgehead atoms. The van der Waals surface area contributed by atoms with Crippen LogP contribution in [-0.2, 0) is 4.79 Å². The first kappa shape index (κ1) is 15.3. The molecule has 1 aromatic heterocycles. The van der Waals surface area contributed by atoms with E-state index in [4.69, 9.17) is 17.3 Å². The molecule has 2 aliphatic heterocycles. The Kier molecular flexibility index (Phi) is 4.63. The van der Waals surface area contributed by atoms with E-state index in [-0.39, 0.29) is 5.91 Å². The van der Waals surface area contributed by atoms with Crippen molar-refractivity contribution in [2.75, 3.05) is 56.4 Å². The standard InChI is InChI=1S/C14H21ClN6O/c15-12-13(16)17-10-18-14(12)21-7-5-20(6-8-21)11(22)9-19-3-1-2-4-19/h10H,1-9H2,(H2,16,17,18). The van der Waals surface area contributed by atoms with Crippen LogP contribution >= 0.6 is 11.6 Å². The molecule has 0 aromatic carbocycles. The second kappa shape index (κ2) is 6.66. The number of hydrogen-bond acceptors (Lipinski definition) is 6. The molecule has 8 heteroatoms. The van der Waals surface area contributed by atoms with Crippen molar-refractivity contribution in [1.29, 1.82) is 0 Å². The van der Waals surface area contributed by atoms with Gasteiger partial charge in [-0.25, -0.2) is 9.97 Å². The molecule has 7 nitrogen and oxygen atoms in total. The number of carbonyl (C=O) groups excluding carboxylic acids is 1. The molecule has 1 amide bonds. The van der Waals surface area contributed by atoms with Crippen LogP contribution in [-0.4, -0.2) is 71.5 Å². The summed E-state index contributed by atoms with van der Waals surface area (Å²) in [5.41, 5.74) is 5.71. The van der Waals surface area contributed by atoms with E-state index in [1.54, 1.807) is 0 Å². The maximum absolute atomic E-state index is 12.3. The van der Waals surface area contributed by atoms with E-state index < -0.39 is 0 Å². The third kappa shape index (κ3) is 3.25. The minimum atomic E-state index is 0.217. The fraction of sp³-hybridized carbons (Fsp3) is 0.643. The Morgan fingerprint density at radius 2 is 1.82 bits per heavy atom. The summed E-state index contributed by atoms with van der Waals surface area (Å²) >= 11 is 6.16. The van der Waals surface area contributed by atoms with Crippen molar-refractivity contribution in [3.63, 3.8) is 0 Å². The van der Waals surface area contributed by atoms with E-state index in [0.29, 0.717) is 49.4 Å². The molecule has 0 spiro atoms. The molecular weight excluding hydrogens is 304 g/mol. The SMILES string of the molecule is Nc1ncnc(N2CCN(C(=O)CN3CCCC3)CC2)c1Cl. The third-order valence-corrected chi connectivity index (χ3v) is 4.65. The van der Waals surface area contributed by atoms with Gasteiger partial charge in [0.25, 0.3) is 0 Å². The molecule has 2 aliphatic rings. The number of halogens is 1. The summed E-state index contributed by atoms with van der Waals surface area (Å²) in [5.74, 6) is 1.16. The van der Waals surface area contributed by atoms with Gasteiger partial charge >= 0.3 is 0 Å². The van der Waals surface area contributed by atoms with Gasteiger partial charge in [-0.1, -0.05) is 11.6 Å². The number of carbonyl (C=O) groups is 1. The number of aromatic nitrogens is 2. The van der Waals surface area contributed by atoms with Crippen molar-refractivity contribution in [3.8, 4) is 0 Å². The van der Waals surface area contributed by atoms with Crippen molar-refractivity contribution in [3.05, 3.63) is 11.3 Å².